The number of carbonyl (C=O) groups is 2. The highest BCUT2D eigenvalue weighted by Crippen LogP contribution is 2.62. The Labute approximate surface area is 95.0 Å². The highest BCUT2D eigenvalue weighted by Gasteiger charge is 2.65. The van der Waals surface area contributed by atoms with Crippen molar-refractivity contribution in [3.8, 4) is 0 Å². The molecule has 0 amide bonds. The summed E-state index contributed by atoms with van der Waals surface area (Å²) in [5.41, 5.74) is 0.0358. The Hall–Kier alpha value is -1.19. The molecule has 88 valence electrons. The summed E-state index contributed by atoms with van der Waals surface area (Å²) in [5, 5.41) is 3.74. The molecule has 0 saturated heterocycles. The average molecular weight is 223 g/mol. The lowest BCUT2D eigenvalue weighted by Crippen LogP contribution is -2.33. The Morgan fingerprint density at radius 3 is 2.50 bits per heavy atom. The molecule has 0 aromatic rings. The Morgan fingerprint density at radius 1 is 1.44 bits per heavy atom. The van der Waals surface area contributed by atoms with Crippen LogP contribution in [0.4, 0.5) is 0 Å². The smallest absolute Gasteiger partial charge is 0.318 e. The van der Waals surface area contributed by atoms with Gasteiger partial charge in [0.25, 0.3) is 0 Å². The normalized spacial score (nSPS) is 38.1. The minimum Gasteiger partial charge on any atom is -0.318 e. The van der Waals surface area contributed by atoms with Gasteiger partial charge in [0, 0.05) is 18.3 Å². The summed E-state index contributed by atoms with van der Waals surface area (Å²) >= 11 is 0. The van der Waals surface area contributed by atoms with Crippen LogP contribution in [0.2, 0.25) is 0 Å². The van der Waals surface area contributed by atoms with E-state index in [2.05, 4.69) is 23.8 Å². The Balaban J connectivity index is 2.37. The highest BCUT2D eigenvalue weighted by molar-refractivity contribution is 6.45. The molecule has 2 bridgehead atoms. The van der Waals surface area contributed by atoms with Crippen molar-refractivity contribution in [1.82, 2.24) is 0 Å². The highest BCUT2D eigenvalue weighted by atomic mass is 16.7. The van der Waals surface area contributed by atoms with E-state index in [1.807, 2.05) is 6.92 Å². The molecule has 0 aromatic heterocycles. The maximum absolute atomic E-state index is 12.2. The molecule has 2 atom stereocenters. The van der Waals surface area contributed by atoms with E-state index in [0.29, 0.717) is 5.71 Å². The first-order chi connectivity index (χ1) is 7.30. The van der Waals surface area contributed by atoms with Gasteiger partial charge in [-0.3, -0.25) is 4.79 Å². The average Bonchev–Trinajstić information content (AvgIpc) is 2.47. The van der Waals surface area contributed by atoms with Gasteiger partial charge in [0.15, 0.2) is 5.78 Å². The number of hydrogen-bond donors (Lipinski definition) is 0. The molecule has 0 heterocycles. The number of ketones is 1. The number of hydrogen-bond acceptors (Lipinski definition) is 4. The van der Waals surface area contributed by atoms with Gasteiger partial charge in [0.05, 0.1) is 0 Å². The minimum atomic E-state index is -0.481. The monoisotopic (exact) mass is 223 g/mol. The van der Waals surface area contributed by atoms with Gasteiger partial charge in [0.2, 0.25) is 0 Å². The molecule has 16 heavy (non-hydrogen) atoms. The SMILES string of the molecule is CC(=O)O/N=C1\C(=O)C2(C)CCC1C2(C)C. The minimum absolute atomic E-state index is 0.0509. The summed E-state index contributed by atoms with van der Waals surface area (Å²) in [6.07, 6.45) is 1.86. The van der Waals surface area contributed by atoms with E-state index in [-0.39, 0.29) is 22.5 Å². The zero-order valence-electron chi connectivity index (χ0n) is 10.2. The number of Topliss-reactive ketones (excluding diaryl/α,β-unsaturated/α-hetero) is 1. The van der Waals surface area contributed by atoms with E-state index in [9.17, 15) is 9.59 Å². The summed E-state index contributed by atoms with van der Waals surface area (Å²) in [6.45, 7) is 7.47. The third-order valence-electron chi connectivity index (χ3n) is 4.56. The van der Waals surface area contributed by atoms with Gasteiger partial charge < -0.3 is 4.84 Å². The Morgan fingerprint density at radius 2 is 2.06 bits per heavy atom. The first kappa shape index (κ1) is 11.3. The van der Waals surface area contributed by atoms with Crippen LogP contribution in [0, 0.1) is 16.7 Å². The van der Waals surface area contributed by atoms with E-state index < -0.39 is 5.97 Å². The number of rotatable bonds is 1. The van der Waals surface area contributed by atoms with Crippen molar-refractivity contribution >= 4 is 17.5 Å². The topological polar surface area (TPSA) is 55.7 Å². The number of nitrogens with zero attached hydrogens (tertiary/aromatic N) is 1. The summed E-state index contributed by atoms with van der Waals surface area (Å²) in [4.78, 5) is 27.5. The molecule has 4 heteroatoms. The van der Waals surface area contributed by atoms with Crippen molar-refractivity contribution in [1.29, 1.82) is 0 Å². The summed E-state index contributed by atoms with van der Waals surface area (Å²) < 4.78 is 0. The lowest BCUT2D eigenvalue weighted by Gasteiger charge is -2.31. The lowest BCUT2D eigenvalue weighted by molar-refractivity contribution is -0.141. The molecule has 2 aliphatic carbocycles. The fourth-order valence-electron chi connectivity index (χ4n) is 3.04. The van der Waals surface area contributed by atoms with Gasteiger partial charge in [0.1, 0.15) is 5.71 Å². The molecule has 2 aliphatic rings. The Bertz CT molecular complexity index is 397. The first-order valence-corrected chi connectivity index (χ1v) is 5.61. The predicted octanol–water partition coefficient (Wildman–Crippen LogP) is 1.93. The molecule has 2 rings (SSSR count). The second-order valence-electron chi connectivity index (χ2n) is 5.53. The standard InChI is InChI=1S/C12H17NO3/c1-7(14)16-13-9-8-5-6-12(4,10(9)15)11(8,2)3/h8H,5-6H2,1-4H3/b13-9-. The summed E-state index contributed by atoms with van der Waals surface area (Å²) in [5.74, 6) is -0.301. The predicted molar refractivity (Wildman–Crippen MR) is 58.8 cm³/mol. The number of carbonyl (C=O) groups excluding carboxylic acids is 2. The molecule has 0 N–H and O–H groups in total. The van der Waals surface area contributed by atoms with E-state index in [1.54, 1.807) is 0 Å². The first-order valence-electron chi connectivity index (χ1n) is 5.61. The fraction of sp³-hybridized carbons (Fsp3) is 0.750. The summed E-state index contributed by atoms with van der Waals surface area (Å²) in [6, 6.07) is 0. The third-order valence-corrected chi connectivity index (χ3v) is 4.56. The van der Waals surface area contributed by atoms with Crippen LogP contribution in [0.1, 0.15) is 40.5 Å². The Kier molecular flexibility index (Phi) is 2.23. The molecule has 0 aliphatic heterocycles. The molecule has 0 radical (unpaired) electrons. The van der Waals surface area contributed by atoms with Crippen molar-refractivity contribution in [2.75, 3.05) is 0 Å². The lowest BCUT2D eigenvalue weighted by atomic mass is 9.70. The van der Waals surface area contributed by atoms with Crippen LogP contribution in [-0.2, 0) is 14.4 Å². The van der Waals surface area contributed by atoms with Gasteiger partial charge in [-0.15, -0.1) is 0 Å². The summed E-state index contributed by atoms with van der Waals surface area (Å²) in [7, 11) is 0. The van der Waals surface area contributed by atoms with Crippen LogP contribution < -0.4 is 0 Å². The molecule has 0 aromatic carbocycles. The van der Waals surface area contributed by atoms with E-state index in [0.717, 1.165) is 12.8 Å². The second-order valence-corrected chi connectivity index (χ2v) is 5.53. The maximum Gasteiger partial charge on any atom is 0.331 e. The molecule has 0 spiro atoms. The third kappa shape index (κ3) is 1.19. The molecule has 4 nitrogen and oxygen atoms in total. The quantitative estimate of drug-likeness (QED) is 0.504. The van der Waals surface area contributed by atoms with Crippen LogP contribution in [0.5, 0.6) is 0 Å². The van der Waals surface area contributed by atoms with Crippen LogP contribution in [-0.4, -0.2) is 17.5 Å². The van der Waals surface area contributed by atoms with Crippen LogP contribution in [0.15, 0.2) is 5.16 Å². The van der Waals surface area contributed by atoms with Crippen LogP contribution in [0.25, 0.3) is 0 Å². The maximum atomic E-state index is 12.2. The van der Waals surface area contributed by atoms with Gasteiger partial charge in [-0.25, -0.2) is 4.79 Å². The van der Waals surface area contributed by atoms with Gasteiger partial charge >= 0.3 is 5.97 Å². The zero-order valence-corrected chi connectivity index (χ0v) is 10.2. The molecule has 2 saturated carbocycles. The van der Waals surface area contributed by atoms with Crippen molar-refractivity contribution in [3.05, 3.63) is 0 Å². The number of fused-ring (bicyclic) bond motifs is 2. The molecular weight excluding hydrogens is 206 g/mol. The van der Waals surface area contributed by atoms with E-state index in [4.69, 9.17) is 0 Å². The molecule has 2 fully saturated rings. The van der Waals surface area contributed by atoms with Crippen LogP contribution in [0.3, 0.4) is 0 Å². The van der Waals surface area contributed by atoms with Gasteiger partial charge in [-0.05, 0) is 18.3 Å². The van der Waals surface area contributed by atoms with E-state index >= 15 is 0 Å². The van der Waals surface area contributed by atoms with Crippen molar-refractivity contribution < 1.29 is 14.4 Å². The van der Waals surface area contributed by atoms with Gasteiger partial charge in [-0.1, -0.05) is 25.9 Å². The number of oxime groups is 1. The second kappa shape index (κ2) is 3.15. The van der Waals surface area contributed by atoms with Gasteiger partial charge in [-0.2, -0.15) is 0 Å². The van der Waals surface area contributed by atoms with Crippen LogP contribution >= 0.6 is 0 Å². The van der Waals surface area contributed by atoms with Crippen molar-refractivity contribution in [3.63, 3.8) is 0 Å². The molecular formula is C12H17NO3. The van der Waals surface area contributed by atoms with Crippen molar-refractivity contribution in [2.45, 2.75) is 40.5 Å². The largest absolute Gasteiger partial charge is 0.331 e. The van der Waals surface area contributed by atoms with E-state index in [1.165, 1.54) is 6.92 Å². The fourth-order valence-corrected chi connectivity index (χ4v) is 3.04. The molecule has 2 unspecified atom stereocenters. The van der Waals surface area contributed by atoms with Crippen molar-refractivity contribution in [2.24, 2.45) is 21.9 Å². The zero-order chi connectivity index (χ0) is 12.1.